The number of nitrogens with zero attached hydrogens (tertiary/aromatic N) is 1. The number of ether oxygens (including phenoxy) is 1. The number of esters is 1. The first-order chi connectivity index (χ1) is 15.4. The van der Waals surface area contributed by atoms with Crippen LogP contribution in [0.4, 0.5) is 5.69 Å². The highest BCUT2D eigenvalue weighted by atomic mass is 35.5. The predicted molar refractivity (Wildman–Crippen MR) is 124 cm³/mol. The van der Waals surface area contributed by atoms with Gasteiger partial charge in [-0.05, 0) is 76.2 Å². The number of amides is 1. The zero-order chi connectivity index (χ0) is 24.4. The van der Waals surface area contributed by atoms with Crippen LogP contribution in [-0.4, -0.2) is 43.9 Å². The van der Waals surface area contributed by atoms with Crippen molar-refractivity contribution in [2.75, 3.05) is 18.5 Å². The molecule has 0 fully saturated rings. The zero-order valence-electron chi connectivity index (χ0n) is 18.7. The minimum absolute atomic E-state index is 0.0304. The van der Waals surface area contributed by atoms with Crippen LogP contribution in [0.5, 0.6) is 5.75 Å². The number of nitrogens with one attached hydrogen (secondary N) is 1. The van der Waals surface area contributed by atoms with Gasteiger partial charge in [0.25, 0.3) is 5.91 Å². The van der Waals surface area contributed by atoms with Gasteiger partial charge in [0.1, 0.15) is 16.3 Å². The smallest absolute Gasteiger partial charge is 0.339 e. The molecule has 33 heavy (non-hydrogen) atoms. The molecule has 0 bridgehead atoms. The van der Waals surface area contributed by atoms with Gasteiger partial charge in [-0.25, -0.2) is 4.79 Å². The number of hydrogen-bond donors (Lipinski definition) is 1. The molecule has 1 heterocycles. The second-order valence-electron chi connectivity index (χ2n) is 8.28. The van der Waals surface area contributed by atoms with E-state index in [-0.39, 0.29) is 41.0 Å². The summed E-state index contributed by atoms with van der Waals surface area (Å²) in [5, 5.41) is 3.39. The van der Waals surface area contributed by atoms with Crippen LogP contribution in [0, 0.1) is 0 Å². The maximum Gasteiger partial charge on any atom is 0.339 e. The van der Waals surface area contributed by atoms with E-state index in [9.17, 15) is 18.0 Å². The van der Waals surface area contributed by atoms with Gasteiger partial charge in [0.2, 0.25) is 0 Å². The second kappa shape index (κ2) is 9.44. The van der Waals surface area contributed by atoms with Crippen molar-refractivity contribution in [2.24, 2.45) is 0 Å². The zero-order valence-corrected chi connectivity index (χ0v) is 20.3. The molecule has 8 nitrogen and oxygen atoms in total. The minimum atomic E-state index is -4.03. The van der Waals surface area contributed by atoms with Crippen molar-refractivity contribution in [3.8, 4) is 5.75 Å². The van der Waals surface area contributed by atoms with Crippen LogP contribution in [0.1, 0.15) is 27.7 Å². The number of halogens is 1. The van der Waals surface area contributed by atoms with E-state index >= 15 is 0 Å². The quantitative estimate of drug-likeness (QED) is 0.460. The van der Waals surface area contributed by atoms with Crippen molar-refractivity contribution < 1.29 is 26.9 Å². The number of hydrogen-bond acceptors (Lipinski definition) is 7. The predicted octanol–water partition coefficient (Wildman–Crippen LogP) is 3.98. The Bertz CT molecular complexity index is 1180. The summed E-state index contributed by atoms with van der Waals surface area (Å²) in [4.78, 5) is 27.0. The van der Waals surface area contributed by atoms with E-state index in [2.05, 4.69) is 5.32 Å². The average molecular weight is 493 g/mol. The molecule has 0 saturated heterocycles. The first-order valence-corrected chi connectivity index (χ1v) is 12.0. The number of anilines is 1. The Morgan fingerprint density at radius 1 is 1.09 bits per heavy atom. The maximum absolute atomic E-state index is 13.0. The molecule has 0 spiro atoms. The highest BCUT2D eigenvalue weighted by Crippen LogP contribution is 2.29. The summed E-state index contributed by atoms with van der Waals surface area (Å²) in [5.41, 5.74) is 0.354. The van der Waals surface area contributed by atoms with Gasteiger partial charge in [0.05, 0.1) is 18.7 Å². The van der Waals surface area contributed by atoms with Crippen LogP contribution < -0.4 is 9.50 Å². The largest absolute Gasteiger partial charge is 0.463 e. The molecular formula is C23H25ClN2O6S. The molecule has 1 aliphatic heterocycles. The topological polar surface area (TPSA) is 102 Å². The lowest BCUT2D eigenvalue weighted by molar-refractivity contribution is -0.138. The highest BCUT2D eigenvalue weighted by molar-refractivity contribution is 7.87. The second-order valence-corrected chi connectivity index (χ2v) is 10.3. The Morgan fingerprint density at radius 2 is 1.70 bits per heavy atom. The summed E-state index contributed by atoms with van der Waals surface area (Å²) in [6, 6.07) is 11.6. The molecule has 2 aromatic carbocycles. The van der Waals surface area contributed by atoms with E-state index in [1.807, 2.05) is 20.8 Å². The van der Waals surface area contributed by atoms with Gasteiger partial charge in [-0.1, -0.05) is 11.6 Å². The van der Waals surface area contributed by atoms with Crippen molar-refractivity contribution in [2.45, 2.75) is 38.1 Å². The average Bonchev–Trinajstić information content (AvgIpc) is 3.06. The maximum atomic E-state index is 13.0. The fraction of sp³-hybridized carbons (Fsp3) is 0.304. The van der Waals surface area contributed by atoms with Gasteiger partial charge in [-0.3, -0.25) is 4.79 Å². The van der Waals surface area contributed by atoms with Gasteiger partial charge in [-0.15, -0.1) is 0 Å². The fourth-order valence-corrected chi connectivity index (χ4v) is 4.20. The highest BCUT2D eigenvalue weighted by Gasteiger charge is 2.40. The van der Waals surface area contributed by atoms with Crippen molar-refractivity contribution in [1.29, 1.82) is 0 Å². The van der Waals surface area contributed by atoms with Crippen LogP contribution in [0.3, 0.4) is 0 Å². The Kier molecular flexibility index (Phi) is 7.04. The molecule has 1 amide bonds. The molecule has 0 unspecified atom stereocenters. The molecule has 10 heteroatoms. The summed E-state index contributed by atoms with van der Waals surface area (Å²) < 4.78 is 35.2. The van der Waals surface area contributed by atoms with Crippen LogP contribution >= 0.6 is 11.6 Å². The Balaban J connectivity index is 1.81. The standard InChI is InChI=1S/C23H25ClN2O6S/c1-5-31-22(28)19-14-26(23(2,3)4)21(27)20(19)25-16-8-10-17(11-9-16)32-33(29,30)18-12-6-15(24)7-13-18/h6-13,25H,5,14H2,1-4H3. The lowest BCUT2D eigenvalue weighted by atomic mass is 10.1. The molecule has 3 rings (SSSR count). The summed E-state index contributed by atoms with van der Waals surface area (Å²) in [7, 11) is -4.03. The van der Waals surface area contributed by atoms with E-state index in [1.165, 1.54) is 36.4 Å². The third kappa shape index (κ3) is 5.66. The number of carbonyl (C=O) groups excluding carboxylic acids is 2. The fourth-order valence-electron chi connectivity index (χ4n) is 3.14. The van der Waals surface area contributed by atoms with Gasteiger partial charge in [0.15, 0.2) is 0 Å². The van der Waals surface area contributed by atoms with Crippen LogP contribution in [0.2, 0.25) is 5.02 Å². The first kappa shape index (κ1) is 24.6. The van der Waals surface area contributed by atoms with Crippen LogP contribution in [-0.2, 0) is 24.4 Å². The Labute approximate surface area is 198 Å². The van der Waals surface area contributed by atoms with E-state index in [0.29, 0.717) is 10.7 Å². The van der Waals surface area contributed by atoms with Crippen molar-refractivity contribution in [3.63, 3.8) is 0 Å². The lowest BCUT2D eigenvalue weighted by Gasteiger charge is -2.32. The summed E-state index contributed by atoms with van der Waals surface area (Å²) in [6.45, 7) is 7.65. The van der Waals surface area contributed by atoms with E-state index in [0.717, 1.165) is 0 Å². The third-order valence-corrected chi connectivity index (χ3v) is 6.35. The van der Waals surface area contributed by atoms with Gasteiger partial charge < -0.3 is 19.1 Å². The summed E-state index contributed by atoms with van der Waals surface area (Å²) in [5.74, 6) is -0.797. The molecule has 176 valence electrons. The van der Waals surface area contributed by atoms with Gasteiger partial charge in [0, 0.05) is 16.2 Å². The Morgan fingerprint density at radius 3 is 2.24 bits per heavy atom. The van der Waals surface area contributed by atoms with Crippen molar-refractivity contribution in [3.05, 3.63) is 64.8 Å². The lowest BCUT2D eigenvalue weighted by Crippen LogP contribution is -2.44. The molecule has 0 radical (unpaired) electrons. The minimum Gasteiger partial charge on any atom is -0.463 e. The van der Waals surface area contributed by atoms with E-state index < -0.39 is 21.6 Å². The summed E-state index contributed by atoms with van der Waals surface area (Å²) >= 11 is 5.80. The number of benzene rings is 2. The monoisotopic (exact) mass is 492 g/mol. The normalized spacial score (nSPS) is 14.5. The van der Waals surface area contributed by atoms with E-state index in [4.69, 9.17) is 20.5 Å². The van der Waals surface area contributed by atoms with Gasteiger partial charge in [-0.2, -0.15) is 8.42 Å². The molecule has 1 aliphatic rings. The molecule has 0 aliphatic carbocycles. The number of rotatable bonds is 7. The van der Waals surface area contributed by atoms with Crippen LogP contribution in [0.25, 0.3) is 0 Å². The molecule has 0 atom stereocenters. The van der Waals surface area contributed by atoms with Crippen LogP contribution in [0.15, 0.2) is 64.7 Å². The van der Waals surface area contributed by atoms with E-state index in [1.54, 1.807) is 24.0 Å². The molecule has 0 aromatic heterocycles. The van der Waals surface area contributed by atoms with Crippen molar-refractivity contribution in [1.82, 2.24) is 4.90 Å². The molecular weight excluding hydrogens is 468 g/mol. The van der Waals surface area contributed by atoms with Crippen molar-refractivity contribution >= 4 is 39.3 Å². The molecule has 2 aromatic rings. The summed E-state index contributed by atoms with van der Waals surface area (Å²) in [6.07, 6.45) is 0. The molecule has 1 N–H and O–H groups in total. The third-order valence-electron chi connectivity index (χ3n) is 4.84. The number of carbonyl (C=O) groups is 2. The first-order valence-electron chi connectivity index (χ1n) is 10.2. The van der Waals surface area contributed by atoms with Gasteiger partial charge >= 0.3 is 16.1 Å². The Hall–Kier alpha value is -3.04. The SMILES string of the molecule is CCOC(=O)C1=C(Nc2ccc(OS(=O)(=O)c3ccc(Cl)cc3)cc2)C(=O)N(C(C)(C)C)C1. The molecule has 0 saturated carbocycles.